The quantitative estimate of drug-likeness (QED) is 0.872. The van der Waals surface area contributed by atoms with E-state index in [0.29, 0.717) is 6.04 Å². The Balaban J connectivity index is 1.44. The number of nitrogens with zero attached hydrogens (tertiary/aromatic N) is 3. The van der Waals surface area contributed by atoms with Crippen molar-refractivity contribution in [2.24, 2.45) is 0 Å². The summed E-state index contributed by atoms with van der Waals surface area (Å²) in [4.78, 5) is 21.5. The molecule has 3 rings (SSSR count). The number of aryl methyl sites for hydroxylation is 1. The third kappa shape index (κ3) is 4.94. The van der Waals surface area contributed by atoms with E-state index in [1.807, 2.05) is 18.3 Å². The summed E-state index contributed by atoms with van der Waals surface area (Å²) in [5.41, 5.74) is 1.12. The van der Waals surface area contributed by atoms with Gasteiger partial charge in [0.15, 0.2) is 0 Å². The van der Waals surface area contributed by atoms with Gasteiger partial charge in [-0.2, -0.15) is 0 Å². The maximum absolute atomic E-state index is 12.6. The molecule has 2 amide bonds. The fraction of sp³-hybridized carbons (Fsp3) is 0.684. The van der Waals surface area contributed by atoms with Crippen LogP contribution in [-0.2, 0) is 6.42 Å². The number of nitrogens with one attached hydrogen (secondary N) is 1. The summed E-state index contributed by atoms with van der Waals surface area (Å²) >= 11 is 0. The largest absolute Gasteiger partial charge is 0.337 e. The van der Waals surface area contributed by atoms with Crippen LogP contribution in [0.3, 0.4) is 0 Å². The number of hydrogen-bond acceptors (Lipinski definition) is 3. The number of piperidine rings is 1. The number of aromatic nitrogens is 1. The van der Waals surface area contributed by atoms with Gasteiger partial charge in [0.1, 0.15) is 0 Å². The van der Waals surface area contributed by atoms with Crippen LogP contribution in [0.5, 0.6) is 0 Å². The van der Waals surface area contributed by atoms with Gasteiger partial charge >= 0.3 is 6.03 Å². The van der Waals surface area contributed by atoms with Crippen molar-refractivity contribution >= 4 is 6.03 Å². The molecule has 2 saturated heterocycles. The highest BCUT2D eigenvalue weighted by atomic mass is 16.2. The molecule has 0 bridgehead atoms. The van der Waals surface area contributed by atoms with Crippen LogP contribution < -0.4 is 5.32 Å². The second-order valence-electron chi connectivity index (χ2n) is 6.98. The number of amides is 2. The second-order valence-corrected chi connectivity index (χ2v) is 6.98. The van der Waals surface area contributed by atoms with Crippen LogP contribution in [0, 0.1) is 0 Å². The van der Waals surface area contributed by atoms with Gasteiger partial charge in [-0.3, -0.25) is 4.98 Å². The van der Waals surface area contributed by atoms with E-state index in [0.717, 1.165) is 51.0 Å². The average Bonchev–Trinajstić information content (AvgIpc) is 3.14. The fourth-order valence-corrected chi connectivity index (χ4v) is 3.86. The molecular formula is C19H30N4O. The Morgan fingerprint density at radius 1 is 1.17 bits per heavy atom. The van der Waals surface area contributed by atoms with Crippen molar-refractivity contribution in [3.63, 3.8) is 0 Å². The summed E-state index contributed by atoms with van der Waals surface area (Å²) in [6.45, 7) is 5.02. The maximum Gasteiger partial charge on any atom is 0.317 e. The van der Waals surface area contributed by atoms with E-state index in [4.69, 9.17) is 0 Å². The van der Waals surface area contributed by atoms with Gasteiger partial charge in [-0.15, -0.1) is 0 Å². The average molecular weight is 330 g/mol. The molecule has 5 heteroatoms. The van der Waals surface area contributed by atoms with E-state index < -0.39 is 0 Å². The van der Waals surface area contributed by atoms with Crippen molar-refractivity contribution in [3.8, 4) is 0 Å². The molecule has 2 aliphatic heterocycles. The molecule has 132 valence electrons. The van der Waals surface area contributed by atoms with Crippen LogP contribution >= 0.6 is 0 Å². The molecule has 1 atom stereocenters. The van der Waals surface area contributed by atoms with E-state index in [-0.39, 0.29) is 6.03 Å². The molecule has 3 heterocycles. The summed E-state index contributed by atoms with van der Waals surface area (Å²) in [7, 11) is 0. The van der Waals surface area contributed by atoms with Gasteiger partial charge < -0.3 is 15.1 Å². The smallest absolute Gasteiger partial charge is 0.317 e. The Morgan fingerprint density at radius 2 is 2.00 bits per heavy atom. The predicted molar refractivity (Wildman–Crippen MR) is 96.0 cm³/mol. The lowest BCUT2D eigenvalue weighted by atomic mass is 9.97. The van der Waals surface area contributed by atoms with E-state index in [2.05, 4.69) is 26.2 Å². The highest BCUT2D eigenvalue weighted by Gasteiger charge is 2.26. The Hall–Kier alpha value is -1.62. The monoisotopic (exact) mass is 330 g/mol. The fourth-order valence-electron chi connectivity index (χ4n) is 3.86. The highest BCUT2D eigenvalue weighted by molar-refractivity contribution is 5.74. The van der Waals surface area contributed by atoms with Crippen LogP contribution in [0.2, 0.25) is 0 Å². The molecule has 5 nitrogen and oxygen atoms in total. The highest BCUT2D eigenvalue weighted by Crippen LogP contribution is 2.21. The van der Waals surface area contributed by atoms with Crippen molar-refractivity contribution in [1.29, 1.82) is 0 Å². The molecule has 1 aromatic heterocycles. The van der Waals surface area contributed by atoms with E-state index in [9.17, 15) is 4.79 Å². The number of rotatable bonds is 6. The van der Waals surface area contributed by atoms with Crippen LogP contribution in [0.1, 0.15) is 44.2 Å². The first-order chi connectivity index (χ1) is 11.8. The van der Waals surface area contributed by atoms with Gasteiger partial charge in [0, 0.05) is 37.6 Å². The number of hydrogen-bond donors (Lipinski definition) is 1. The number of carbonyl (C=O) groups is 1. The zero-order valence-electron chi connectivity index (χ0n) is 14.6. The number of urea groups is 1. The van der Waals surface area contributed by atoms with E-state index >= 15 is 0 Å². The minimum absolute atomic E-state index is 0.125. The minimum atomic E-state index is 0.125. The summed E-state index contributed by atoms with van der Waals surface area (Å²) in [6.07, 6.45) is 9.88. The molecule has 0 radical (unpaired) electrons. The molecule has 0 unspecified atom stereocenters. The second kappa shape index (κ2) is 9.02. The summed E-state index contributed by atoms with van der Waals surface area (Å²) in [6, 6.07) is 6.53. The van der Waals surface area contributed by atoms with Gasteiger partial charge in [-0.25, -0.2) is 4.79 Å². The van der Waals surface area contributed by atoms with Crippen LogP contribution in [0.25, 0.3) is 0 Å². The van der Waals surface area contributed by atoms with Crippen LogP contribution in [0.4, 0.5) is 4.79 Å². The first kappa shape index (κ1) is 17.2. The maximum atomic E-state index is 12.6. The molecular weight excluding hydrogens is 300 g/mol. The van der Waals surface area contributed by atoms with Crippen molar-refractivity contribution in [1.82, 2.24) is 20.1 Å². The third-order valence-electron chi connectivity index (χ3n) is 5.25. The zero-order valence-corrected chi connectivity index (χ0v) is 14.6. The van der Waals surface area contributed by atoms with Crippen LogP contribution in [0.15, 0.2) is 24.4 Å². The third-order valence-corrected chi connectivity index (χ3v) is 5.25. The molecule has 0 saturated carbocycles. The lowest BCUT2D eigenvalue weighted by Gasteiger charge is -2.36. The number of likely N-dealkylation sites (tertiary alicyclic amines) is 2. The first-order valence-electron chi connectivity index (χ1n) is 9.49. The van der Waals surface area contributed by atoms with Crippen molar-refractivity contribution < 1.29 is 4.79 Å². The number of pyridine rings is 1. The molecule has 0 aliphatic carbocycles. The van der Waals surface area contributed by atoms with Crippen molar-refractivity contribution in [2.45, 2.75) is 51.0 Å². The number of carbonyl (C=O) groups excluding carboxylic acids is 1. The van der Waals surface area contributed by atoms with Gasteiger partial charge in [0.25, 0.3) is 0 Å². The Labute approximate surface area is 145 Å². The minimum Gasteiger partial charge on any atom is -0.337 e. The zero-order chi connectivity index (χ0) is 16.6. The molecule has 1 aromatic rings. The summed E-state index contributed by atoms with van der Waals surface area (Å²) in [5.74, 6) is 0. The SMILES string of the molecule is O=C(NCCN1CCCC1)N1CCCC[C@@H]1CCc1ccccn1. The topological polar surface area (TPSA) is 48.5 Å². The molecule has 24 heavy (non-hydrogen) atoms. The lowest BCUT2D eigenvalue weighted by molar-refractivity contribution is 0.145. The molecule has 1 N–H and O–H groups in total. The van der Waals surface area contributed by atoms with Gasteiger partial charge in [-0.1, -0.05) is 6.07 Å². The Bertz CT molecular complexity index is 501. The molecule has 0 aromatic carbocycles. The standard InChI is InChI=1S/C19H30N4O/c24-19(21-12-16-22-13-5-6-14-22)23-15-4-2-8-18(23)10-9-17-7-1-3-11-20-17/h1,3,7,11,18H,2,4-6,8-10,12-16H2,(H,21,24)/t18-/m1/s1. The van der Waals surface area contributed by atoms with Gasteiger partial charge in [-0.05, 0) is 70.2 Å². The van der Waals surface area contributed by atoms with Gasteiger partial charge in [0.05, 0.1) is 0 Å². The first-order valence-corrected chi connectivity index (χ1v) is 9.49. The molecule has 0 spiro atoms. The van der Waals surface area contributed by atoms with Crippen molar-refractivity contribution in [2.75, 3.05) is 32.7 Å². The Morgan fingerprint density at radius 3 is 2.79 bits per heavy atom. The lowest BCUT2D eigenvalue weighted by Crippen LogP contribution is -2.50. The Kier molecular flexibility index (Phi) is 6.47. The summed E-state index contributed by atoms with van der Waals surface area (Å²) < 4.78 is 0. The van der Waals surface area contributed by atoms with Gasteiger partial charge in [0.2, 0.25) is 0 Å². The normalized spacial score (nSPS) is 21.8. The predicted octanol–water partition coefficient (Wildman–Crippen LogP) is 2.67. The van der Waals surface area contributed by atoms with Crippen LogP contribution in [-0.4, -0.2) is 59.6 Å². The molecule has 2 fully saturated rings. The van der Waals surface area contributed by atoms with Crippen molar-refractivity contribution in [3.05, 3.63) is 30.1 Å². The summed E-state index contributed by atoms with van der Waals surface area (Å²) in [5, 5.41) is 3.14. The molecule has 2 aliphatic rings. The van der Waals surface area contributed by atoms with E-state index in [1.165, 1.54) is 32.4 Å². The van der Waals surface area contributed by atoms with E-state index in [1.54, 1.807) is 0 Å².